The molecule has 1 aromatic heterocycles. The predicted octanol–water partition coefficient (Wildman–Crippen LogP) is 4.17. The van der Waals surface area contributed by atoms with E-state index >= 15 is 0 Å². The Hall–Kier alpha value is -3.27. The molecule has 0 bridgehead atoms. The topological polar surface area (TPSA) is 77.8 Å². The van der Waals surface area contributed by atoms with E-state index in [0.29, 0.717) is 23.3 Å². The minimum Gasteiger partial charge on any atom is -0.347 e. The Labute approximate surface area is 167 Å². The number of halogens is 2. The lowest BCUT2D eigenvalue weighted by Gasteiger charge is -2.45. The second kappa shape index (κ2) is 6.38. The zero-order valence-corrected chi connectivity index (χ0v) is 16.3. The maximum atomic E-state index is 13.4. The van der Waals surface area contributed by atoms with E-state index in [1.807, 2.05) is 57.2 Å². The maximum Gasteiger partial charge on any atom is 0.280 e. The monoisotopic (exact) mass is 394 g/mol. The number of hydrogen-bond donors (Lipinski definition) is 2. The Kier molecular flexibility index (Phi) is 4.19. The third-order valence-corrected chi connectivity index (χ3v) is 5.60. The molecule has 7 heteroatoms. The normalized spacial score (nSPS) is 22.3. The first kappa shape index (κ1) is 19.1. The maximum absolute atomic E-state index is 13.4. The molecule has 2 N–H and O–H groups in total. The molecule has 0 aliphatic carbocycles. The number of benzene rings is 1. The van der Waals surface area contributed by atoms with Gasteiger partial charge in [0.2, 0.25) is 0 Å². The van der Waals surface area contributed by atoms with Gasteiger partial charge in [-0.1, -0.05) is 30.3 Å². The SMILES string of the molecule is CC1(C)CC2=C(C(=O)N1)C(C)(c1ccccc1)c1c(C#N)cc(C(F)F)nc1N2. The van der Waals surface area contributed by atoms with Gasteiger partial charge in [0.05, 0.1) is 22.6 Å². The average molecular weight is 394 g/mol. The molecule has 3 heterocycles. The molecule has 0 radical (unpaired) electrons. The molecule has 2 aliphatic rings. The van der Waals surface area contributed by atoms with Crippen LogP contribution in [0.3, 0.4) is 0 Å². The Morgan fingerprint density at radius 2 is 1.90 bits per heavy atom. The van der Waals surface area contributed by atoms with Crippen LogP contribution in [0.15, 0.2) is 47.7 Å². The number of aromatic nitrogens is 1. The number of nitriles is 1. The lowest BCUT2D eigenvalue weighted by Crippen LogP contribution is -2.54. The van der Waals surface area contributed by atoms with Gasteiger partial charge in [-0.3, -0.25) is 4.79 Å². The van der Waals surface area contributed by atoms with Gasteiger partial charge >= 0.3 is 0 Å². The zero-order chi connectivity index (χ0) is 21.0. The van der Waals surface area contributed by atoms with E-state index in [2.05, 4.69) is 15.6 Å². The van der Waals surface area contributed by atoms with Crippen molar-refractivity contribution < 1.29 is 13.6 Å². The van der Waals surface area contributed by atoms with Gasteiger partial charge < -0.3 is 10.6 Å². The van der Waals surface area contributed by atoms with Gasteiger partial charge in [-0.2, -0.15) is 5.26 Å². The van der Waals surface area contributed by atoms with Crippen molar-refractivity contribution >= 4 is 11.7 Å². The number of nitrogens with one attached hydrogen (secondary N) is 2. The van der Waals surface area contributed by atoms with E-state index in [4.69, 9.17) is 0 Å². The highest BCUT2D eigenvalue weighted by Crippen LogP contribution is 2.50. The standard InChI is InChI=1S/C22H20F2N4O/c1-21(2)10-15-17(20(29)28-21)22(3,13-7-5-4-6-8-13)16-12(11-25)9-14(18(23)24)26-19(16)27-15/h4-9,18H,10H2,1-3H3,(H,26,27)(H,28,29). The average Bonchev–Trinajstić information content (AvgIpc) is 2.66. The van der Waals surface area contributed by atoms with Gasteiger partial charge in [-0.15, -0.1) is 0 Å². The molecular formula is C22H20F2N4O. The van der Waals surface area contributed by atoms with Crippen LogP contribution in [0.1, 0.15) is 56.0 Å². The lowest BCUT2D eigenvalue weighted by molar-refractivity contribution is -0.120. The number of amides is 1. The molecule has 1 amide bonds. The molecule has 0 spiro atoms. The van der Waals surface area contributed by atoms with Crippen LogP contribution in [-0.2, 0) is 10.2 Å². The summed E-state index contributed by atoms with van der Waals surface area (Å²) in [6.07, 6.45) is -2.32. The van der Waals surface area contributed by atoms with Gasteiger partial charge in [0.15, 0.2) is 0 Å². The van der Waals surface area contributed by atoms with Crippen molar-refractivity contribution in [3.63, 3.8) is 0 Å². The molecule has 5 nitrogen and oxygen atoms in total. The summed E-state index contributed by atoms with van der Waals surface area (Å²) in [5, 5.41) is 15.9. The fraction of sp³-hybridized carbons (Fsp3) is 0.318. The van der Waals surface area contributed by atoms with Crippen LogP contribution in [0, 0.1) is 11.3 Å². The number of alkyl halides is 2. The molecule has 4 rings (SSSR count). The van der Waals surface area contributed by atoms with E-state index in [-0.39, 0.29) is 17.3 Å². The molecule has 2 aromatic rings. The molecule has 2 aliphatic heterocycles. The van der Waals surface area contributed by atoms with E-state index in [0.717, 1.165) is 11.6 Å². The third-order valence-electron chi connectivity index (χ3n) is 5.60. The van der Waals surface area contributed by atoms with Crippen LogP contribution in [0.5, 0.6) is 0 Å². The highest BCUT2D eigenvalue weighted by atomic mass is 19.3. The first-order valence-electron chi connectivity index (χ1n) is 9.30. The second-order valence-electron chi connectivity index (χ2n) is 8.22. The zero-order valence-electron chi connectivity index (χ0n) is 16.3. The summed E-state index contributed by atoms with van der Waals surface area (Å²) >= 11 is 0. The van der Waals surface area contributed by atoms with Gasteiger partial charge in [-0.05, 0) is 32.4 Å². The fourth-order valence-corrected chi connectivity index (χ4v) is 4.41. The molecule has 0 fully saturated rings. The molecule has 0 saturated carbocycles. The van der Waals surface area contributed by atoms with Gasteiger partial charge in [0.1, 0.15) is 11.5 Å². The number of hydrogen-bond acceptors (Lipinski definition) is 4. The molecule has 1 aromatic carbocycles. The minimum absolute atomic E-state index is 0.0772. The highest BCUT2D eigenvalue weighted by molar-refractivity contribution is 6.01. The quantitative estimate of drug-likeness (QED) is 0.801. The Balaban J connectivity index is 2.08. The number of carbonyl (C=O) groups excluding carboxylic acids is 1. The van der Waals surface area contributed by atoms with Crippen molar-refractivity contribution in [3.8, 4) is 6.07 Å². The van der Waals surface area contributed by atoms with Crippen LogP contribution >= 0.6 is 0 Å². The van der Waals surface area contributed by atoms with Crippen molar-refractivity contribution in [2.75, 3.05) is 5.32 Å². The van der Waals surface area contributed by atoms with Crippen LogP contribution < -0.4 is 10.6 Å². The highest BCUT2D eigenvalue weighted by Gasteiger charge is 2.49. The van der Waals surface area contributed by atoms with Crippen molar-refractivity contribution in [3.05, 3.63) is 70.1 Å². The summed E-state index contributed by atoms with van der Waals surface area (Å²) in [4.78, 5) is 17.3. The summed E-state index contributed by atoms with van der Waals surface area (Å²) in [6, 6.07) is 12.4. The van der Waals surface area contributed by atoms with Gasteiger partial charge in [-0.25, -0.2) is 13.8 Å². The van der Waals surface area contributed by atoms with Crippen molar-refractivity contribution in [2.45, 2.75) is 44.6 Å². The molecule has 148 valence electrons. The number of anilines is 1. The number of nitrogens with zero attached hydrogens (tertiary/aromatic N) is 2. The van der Waals surface area contributed by atoms with E-state index in [1.165, 1.54) is 0 Å². The Bertz CT molecular complexity index is 1090. The summed E-state index contributed by atoms with van der Waals surface area (Å²) in [5.41, 5.74) is 0.434. The first-order chi connectivity index (χ1) is 13.7. The summed E-state index contributed by atoms with van der Waals surface area (Å²) in [6.45, 7) is 5.64. The smallest absolute Gasteiger partial charge is 0.280 e. The van der Waals surface area contributed by atoms with Crippen LogP contribution in [0.25, 0.3) is 0 Å². The minimum atomic E-state index is -2.81. The van der Waals surface area contributed by atoms with Crippen LogP contribution in [-0.4, -0.2) is 16.4 Å². The summed E-state index contributed by atoms with van der Waals surface area (Å²) in [7, 11) is 0. The van der Waals surface area contributed by atoms with Gasteiger partial charge in [0.25, 0.3) is 12.3 Å². The lowest BCUT2D eigenvalue weighted by atomic mass is 9.65. The molecule has 29 heavy (non-hydrogen) atoms. The number of rotatable bonds is 2. The first-order valence-corrected chi connectivity index (χ1v) is 9.30. The number of fused-ring (bicyclic) bond motifs is 1. The Morgan fingerprint density at radius 1 is 1.21 bits per heavy atom. The van der Waals surface area contributed by atoms with E-state index in [1.54, 1.807) is 0 Å². The summed E-state index contributed by atoms with van der Waals surface area (Å²) in [5.74, 6) is -0.0440. The molecule has 1 atom stereocenters. The van der Waals surface area contributed by atoms with Crippen LogP contribution in [0.2, 0.25) is 0 Å². The molecular weight excluding hydrogens is 374 g/mol. The third kappa shape index (κ3) is 2.87. The molecule has 1 unspecified atom stereocenters. The second-order valence-corrected chi connectivity index (χ2v) is 8.22. The predicted molar refractivity (Wildman–Crippen MR) is 104 cm³/mol. The van der Waals surface area contributed by atoms with Crippen molar-refractivity contribution in [1.29, 1.82) is 5.26 Å². The van der Waals surface area contributed by atoms with E-state index in [9.17, 15) is 18.8 Å². The summed E-state index contributed by atoms with van der Waals surface area (Å²) < 4.78 is 26.8. The fourth-order valence-electron chi connectivity index (χ4n) is 4.41. The van der Waals surface area contributed by atoms with Crippen molar-refractivity contribution in [2.24, 2.45) is 0 Å². The number of carbonyl (C=O) groups is 1. The van der Waals surface area contributed by atoms with Crippen molar-refractivity contribution in [1.82, 2.24) is 10.3 Å². The van der Waals surface area contributed by atoms with E-state index < -0.39 is 23.1 Å². The van der Waals surface area contributed by atoms with Crippen LogP contribution in [0.4, 0.5) is 14.6 Å². The largest absolute Gasteiger partial charge is 0.347 e. The van der Waals surface area contributed by atoms with Gasteiger partial charge in [0, 0.05) is 23.2 Å². The molecule has 0 saturated heterocycles. The Morgan fingerprint density at radius 3 is 2.52 bits per heavy atom. The number of pyridine rings is 1.